The molecule has 0 heterocycles. The summed E-state index contributed by atoms with van der Waals surface area (Å²) in [6, 6.07) is 9.15. The van der Waals surface area contributed by atoms with Crippen LogP contribution in [0.25, 0.3) is 0 Å². The van der Waals surface area contributed by atoms with Gasteiger partial charge < -0.3 is 33.8 Å². The Kier molecular flexibility index (Phi) is 25.4. The fourth-order valence-corrected chi connectivity index (χ4v) is 6.00. The highest BCUT2D eigenvalue weighted by Gasteiger charge is 2.21. The maximum absolute atomic E-state index is 12.5. The molecular weight excluding hydrogens is 601 g/mol. The van der Waals surface area contributed by atoms with E-state index in [0.29, 0.717) is 24.2 Å². The topological polar surface area (TPSA) is 109 Å². The molecule has 0 radical (unpaired) electrons. The van der Waals surface area contributed by atoms with Crippen LogP contribution < -0.4 is 15.5 Å². The Hall–Kier alpha value is -1.48. The highest BCUT2D eigenvalue weighted by Crippen LogP contribution is 2.39. The van der Waals surface area contributed by atoms with Crippen LogP contribution in [0.5, 0.6) is 0 Å². The van der Waals surface area contributed by atoms with Crippen LogP contribution in [0, 0.1) is 0 Å². The number of nitrogens with zero attached hydrogens (tertiary/aromatic N) is 1. The summed E-state index contributed by atoms with van der Waals surface area (Å²) in [5, 5.41) is 5.47. The maximum Gasteiger partial charge on any atom is 0.315 e. The SMILES string of the molecule is CCCCCCCCCCCCCCCCCCCCOCC(CNC(=O)NCc1ccccc1)OP(=O)([O-])OCC[N+](C)(C)C. The number of quaternary nitrogens is 1. The van der Waals surface area contributed by atoms with Gasteiger partial charge in [-0.05, 0) is 12.0 Å². The van der Waals surface area contributed by atoms with Crippen LogP contribution in [0.2, 0.25) is 0 Å². The lowest BCUT2D eigenvalue weighted by Crippen LogP contribution is -2.42. The number of carbonyl (C=O) groups is 1. The monoisotopic (exact) mass is 669 g/mol. The molecule has 2 amide bonds. The predicted molar refractivity (Wildman–Crippen MR) is 188 cm³/mol. The van der Waals surface area contributed by atoms with Crippen LogP contribution in [-0.2, 0) is 24.9 Å². The van der Waals surface area contributed by atoms with Gasteiger partial charge in [0.05, 0.1) is 27.7 Å². The number of phosphoric ester groups is 1. The molecule has 2 N–H and O–H groups in total. The van der Waals surface area contributed by atoms with Gasteiger partial charge >= 0.3 is 6.03 Å². The molecule has 0 saturated carbocycles. The zero-order chi connectivity index (χ0) is 33.8. The highest BCUT2D eigenvalue weighted by atomic mass is 31.2. The third-order valence-corrected chi connectivity index (χ3v) is 9.08. The second-order valence-corrected chi connectivity index (χ2v) is 15.0. The fourth-order valence-electron chi connectivity index (χ4n) is 5.13. The Morgan fingerprint density at radius 1 is 0.761 bits per heavy atom. The third-order valence-electron chi connectivity index (χ3n) is 8.02. The van der Waals surface area contributed by atoms with Crippen LogP contribution in [0.3, 0.4) is 0 Å². The van der Waals surface area contributed by atoms with Crippen molar-refractivity contribution in [2.24, 2.45) is 0 Å². The number of rotatable bonds is 31. The zero-order valence-corrected chi connectivity index (χ0v) is 30.7. The summed E-state index contributed by atoms with van der Waals surface area (Å²) in [6.07, 6.45) is 22.9. The summed E-state index contributed by atoms with van der Waals surface area (Å²) < 4.78 is 29.2. The molecule has 9 nitrogen and oxygen atoms in total. The van der Waals surface area contributed by atoms with Gasteiger partial charge in [0, 0.05) is 19.7 Å². The maximum atomic E-state index is 12.5. The van der Waals surface area contributed by atoms with E-state index < -0.39 is 20.0 Å². The predicted octanol–water partition coefficient (Wildman–Crippen LogP) is 8.12. The molecule has 0 aromatic heterocycles. The number of urea groups is 1. The van der Waals surface area contributed by atoms with Gasteiger partial charge in [-0.15, -0.1) is 0 Å². The molecule has 1 aromatic carbocycles. The Bertz CT molecular complexity index is 899. The van der Waals surface area contributed by atoms with E-state index in [-0.39, 0.29) is 19.8 Å². The summed E-state index contributed by atoms with van der Waals surface area (Å²) in [7, 11) is 1.29. The number of hydrogen-bond donors (Lipinski definition) is 2. The van der Waals surface area contributed by atoms with E-state index in [9.17, 15) is 14.3 Å². The van der Waals surface area contributed by atoms with Crippen molar-refractivity contribution < 1.29 is 32.5 Å². The van der Waals surface area contributed by atoms with Crippen molar-refractivity contribution >= 4 is 13.9 Å². The average Bonchev–Trinajstić information content (AvgIpc) is 3.01. The largest absolute Gasteiger partial charge is 0.756 e. The molecule has 2 unspecified atom stereocenters. The molecule has 0 spiro atoms. The summed E-state index contributed by atoms with van der Waals surface area (Å²) in [6.45, 7) is 3.70. The first-order chi connectivity index (χ1) is 22.1. The van der Waals surface area contributed by atoms with Crippen molar-refractivity contribution in [1.82, 2.24) is 10.6 Å². The minimum absolute atomic E-state index is 0.0160. The minimum Gasteiger partial charge on any atom is -0.756 e. The van der Waals surface area contributed by atoms with E-state index in [2.05, 4.69) is 17.6 Å². The summed E-state index contributed by atoms with van der Waals surface area (Å²) in [4.78, 5) is 24.8. The van der Waals surface area contributed by atoms with Gasteiger partial charge in [0.2, 0.25) is 0 Å². The average molecular weight is 670 g/mol. The van der Waals surface area contributed by atoms with Gasteiger partial charge in [-0.25, -0.2) is 4.79 Å². The Morgan fingerprint density at radius 3 is 1.76 bits per heavy atom. The number of ether oxygens (including phenoxy) is 1. The first kappa shape index (κ1) is 42.5. The lowest BCUT2D eigenvalue weighted by atomic mass is 10.0. The van der Waals surface area contributed by atoms with E-state index in [4.69, 9.17) is 13.8 Å². The van der Waals surface area contributed by atoms with Crippen LogP contribution in [0.4, 0.5) is 4.79 Å². The number of amides is 2. The molecule has 0 bridgehead atoms. The van der Waals surface area contributed by atoms with Crippen molar-refractivity contribution in [3.05, 3.63) is 35.9 Å². The Labute approximate surface area is 281 Å². The summed E-state index contributed by atoms with van der Waals surface area (Å²) in [5.74, 6) is 0. The van der Waals surface area contributed by atoms with E-state index in [1.54, 1.807) is 0 Å². The first-order valence-corrected chi connectivity index (χ1v) is 19.6. The number of hydrogen-bond acceptors (Lipinski definition) is 6. The van der Waals surface area contributed by atoms with Crippen LogP contribution in [-0.4, -0.2) is 70.7 Å². The second kappa shape index (κ2) is 27.5. The lowest BCUT2D eigenvalue weighted by Gasteiger charge is -2.30. The number of carbonyl (C=O) groups excluding carboxylic acids is 1. The summed E-state index contributed by atoms with van der Waals surface area (Å²) in [5.41, 5.74) is 0.966. The molecule has 1 rings (SSSR count). The van der Waals surface area contributed by atoms with Gasteiger partial charge in [-0.3, -0.25) is 4.57 Å². The lowest BCUT2D eigenvalue weighted by molar-refractivity contribution is -0.870. The fraction of sp³-hybridized carbons (Fsp3) is 0.806. The molecule has 0 aliphatic carbocycles. The molecule has 0 fully saturated rings. The minimum atomic E-state index is -4.57. The molecule has 2 atom stereocenters. The molecule has 46 heavy (non-hydrogen) atoms. The second-order valence-electron chi connectivity index (χ2n) is 13.7. The van der Waals surface area contributed by atoms with Crippen molar-refractivity contribution in [1.29, 1.82) is 0 Å². The van der Waals surface area contributed by atoms with E-state index in [1.165, 1.54) is 103 Å². The van der Waals surface area contributed by atoms with Gasteiger partial charge in [0.1, 0.15) is 19.3 Å². The van der Waals surface area contributed by atoms with Gasteiger partial charge in [-0.2, -0.15) is 0 Å². The Morgan fingerprint density at radius 2 is 1.26 bits per heavy atom. The quantitative estimate of drug-likeness (QED) is 0.0470. The number of likely N-dealkylation sites (N-methyl/N-ethyl adjacent to an activating group) is 1. The molecule has 1 aromatic rings. The highest BCUT2D eigenvalue weighted by molar-refractivity contribution is 7.45. The van der Waals surface area contributed by atoms with Gasteiger partial charge in [-0.1, -0.05) is 146 Å². The first-order valence-electron chi connectivity index (χ1n) is 18.2. The van der Waals surface area contributed by atoms with Crippen molar-refractivity contribution in [3.8, 4) is 0 Å². The molecule has 0 saturated heterocycles. The van der Waals surface area contributed by atoms with Crippen LogP contribution >= 0.6 is 7.82 Å². The molecular formula is C36H68N3O6P. The van der Waals surface area contributed by atoms with Crippen LogP contribution in [0.15, 0.2) is 30.3 Å². The molecule has 10 heteroatoms. The van der Waals surface area contributed by atoms with E-state index in [1.807, 2.05) is 51.5 Å². The molecule has 0 aliphatic rings. The zero-order valence-electron chi connectivity index (χ0n) is 29.8. The smallest absolute Gasteiger partial charge is 0.315 e. The van der Waals surface area contributed by atoms with E-state index >= 15 is 0 Å². The van der Waals surface area contributed by atoms with E-state index in [0.717, 1.165) is 18.4 Å². The van der Waals surface area contributed by atoms with Crippen molar-refractivity contribution in [2.75, 3.05) is 54.1 Å². The Balaban J connectivity index is 2.18. The normalized spacial score (nSPS) is 13.8. The summed E-state index contributed by atoms with van der Waals surface area (Å²) >= 11 is 0. The number of phosphoric acid groups is 1. The van der Waals surface area contributed by atoms with Crippen LogP contribution in [0.1, 0.15) is 128 Å². The molecule has 0 aliphatic heterocycles. The standard InChI is InChI=1S/C36H68N3O6P/c1-5-6-7-8-9-10-11-12-13-14-15-16-17-18-19-20-21-25-29-43-33-35(45-46(41,42)44-30-28-39(2,3)4)32-38-36(40)37-31-34-26-23-22-24-27-34/h22-24,26-27,35H,5-21,25,28-33H2,1-4H3,(H2-,37,38,40,41,42). The van der Waals surface area contributed by atoms with Gasteiger partial charge in [0.25, 0.3) is 7.82 Å². The van der Waals surface area contributed by atoms with Gasteiger partial charge in [0.15, 0.2) is 0 Å². The molecule has 268 valence electrons. The van der Waals surface area contributed by atoms with Crippen molar-refractivity contribution in [3.63, 3.8) is 0 Å². The number of benzene rings is 1. The van der Waals surface area contributed by atoms with Crippen molar-refractivity contribution in [2.45, 2.75) is 135 Å². The number of unbranched alkanes of at least 4 members (excludes halogenated alkanes) is 17. The third kappa shape index (κ3) is 27.6. The number of nitrogens with one attached hydrogen (secondary N) is 2.